The average molecular weight is 1110 g/mol. The van der Waals surface area contributed by atoms with Gasteiger partial charge in [-0.3, -0.25) is 9.59 Å². The van der Waals surface area contributed by atoms with E-state index >= 15 is 18.4 Å². The number of amides is 4. The summed E-state index contributed by atoms with van der Waals surface area (Å²) in [5.74, 6) is -3.44. The third-order valence-electron chi connectivity index (χ3n) is 22.5. The summed E-state index contributed by atoms with van der Waals surface area (Å²) in [5, 5.41) is 0. The Balaban J connectivity index is 0.955. The Hall–Kier alpha value is -6.54. The van der Waals surface area contributed by atoms with Crippen LogP contribution >= 0.6 is 0 Å². The maximum absolute atomic E-state index is 17.7. The molecule has 15 rings (SSSR count). The van der Waals surface area contributed by atoms with Gasteiger partial charge in [-0.1, -0.05) is 31.9 Å². The van der Waals surface area contributed by atoms with Crippen LogP contribution in [0.1, 0.15) is 139 Å². The summed E-state index contributed by atoms with van der Waals surface area (Å²) in [5.41, 5.74) is 10.2. The first-order valence-electron chi connectivity index (χ1n) is 30.0. The molecule has 2 aromatic heterocycles. The maximum Gasteiger partial charge on any atom is 0.406 e. The Morgan fingerprint density at radius 1 is 0.630 bits per heavy atom. The van der Waals surface area contributed by atoms with E-state index in [1.807, 2.05) is 26.8 Å². The van der Waals surface area contributed by atoms with E-state index in [9.17, 15) is 9.59 Å². The van der Waals surface area contributed by atoms with Crippen LogP contribution in [-0.4, -0.2) is 117 Å². The van der Waals surface area contributed by atoms with E-state index in [4.69, 9.17) is 40.4 Å². The second-order valence-electron chi connectivity index (χ2n) is 25.8. The van der Waals surface area contributed by atoms with Gasteiger partial charge in [-0.05, 0) is 162 Å². The highest BCUT2D eigenvalue weighted by atomic mass is 19.1. The van der Waals surface area contributed by atoms with E-state index in [0.29, 0.717) is 125 Å². The third-order valence-corrected chi connectivity index (χ3v) is 22.5. The monoisotopic (exact) mass is 1110 g/mol. The fourth-order valence-corrected chi connectivity index (χ4v) is 19.0. The number of carbonyl (C=O) groups excluding carboxylic acids is 4. The number of primary amides is 2. The molecule has 428 valence electrons. The van der Waals surface area contributed by atoms with Gasteiger partial charge in [0.05, 0.1) is 56.8 Å². The Bertz CT molecular complexity index is 3410. The van der Waals surface area contributed by atoms with E-state index in [2.05, 4.69) is 53.0 Å². The van der Waals surface area contributed by atoms with Crippen molar-refractivity contribution in [3.63, 3.8) is 0 Å². The molecule has 6 N–H and O–H groups in total. The molecule has 2 spiro atoms. The van der Waals surface area contributed by atoms with Gasteiger partial charge < -0.3 is 60.0 Å². The molecule has 6 bridgehead atoms. The molecule has 18 nitrogen and oxygen atoms in total. The summed E-state index contributed by atoms with van der Waals surface area (Å²) in [7, 11) is 0. The van der Waals surface area contributed by atoms with Crippen molar-refractivity contribution in [3.8, 4) is 0 Å². The molecular weight excluding hydrogens is 1040 g/mol. The number of fused-ring (bicyclic) bond motifs is 4. The van der Waals surface area contributed by atoms with Crippen molar-refractivity contribution >= 4 is 57.4 Å². The highest BCUT2D eigenvalue weighted by molar-refractivity contribution is 5.94. The smallest absolute Gasteiger partial charge is 0.406 e. The van der Waals surface area contributed by atoms with Crippen LogP contribution in [0.3, 0.4) is 0 Å². The molecule has 6 saturated heterocycles. The molecule has 4 amide bonds. The number of benzene rings is 3. The maximum atomic E-state index is 17.7. The van der Waals surface area contributed by atoms with E-state index in [1.165, 1.54) is 12.1 Å². The van der Waals surface area contributed by atoms with Crippen LogP contribution < -0.4 is 21.3 Å². The quantitative estimate of drug-likeness (QED) is 0.114. The van der Waals surface area contributed by atoms with Crippen molar-refractivity contribution < 1.29 is 46.9 Å². The lowest BCUT2D eigenvalue weighted by molar-refractivity contribution is -0.175. The summed E-state index contributed by atoms with van der Waals surface area (Å²) in [6, 6.07) is 13.4. The molecule has 0 radical (unpaired) electrons. The van der Waals surface area contributed by atoms with Gasteiger partial charge in [0.25, 0.3) is 23.0 Å². The van der Waals surface area contributed by atoms with E-state index in [1.54, 1.807) is 0 Å². The Morgan fingerprint density at radius 3 is 1.65 bits per heavy atom. The molecule has 2 aliphatic carbocycles. The van der Waals surface area contributed by atoms with Crippen molar-refractivity contribution in [2.75, 3.05) is 49.3 Å². The molecule has 8 aliphatic heterocycles. The van der Waals surface area contributed by atoms with Crippen LogP contribution in [0.5, 0.6) is 0 Å². The van der Waals surface area contributed by atoms with Gasteiger partial charge in [0.1, 0.15) is 5.69 Å². The van der Waals surface area contributed by atoms with Gasteiger partial charge in [-0.15, -0.1) is 0 Å². The summed E-state index contributed by atoms with van der Waals surface area (Å²) in [6.07, 6.45) is 7.94. The number of ether oxygens (including phenoxy) is 4. The van der Waals surface area contributed by atoms with Gasteiger partial charge in [-0.2, -0.15) is 0 Å². The normalized spacial score (nSPS) is 35.8. The lowest BCUT2D eigenvalue weighted by Gasteiger charge is -2.55. The number of H-pyrrole nitrogens is 2. The third kappa shape index (κ3) is 6.88. The molecule has 2 saturated carbocycles. The average Bonchev–Trinajstić information content (AvgIpc) is 2.70. The number of piperidine rings is 1. The van der Waals surface area contributed by atoms with Crippen molar-refractivity contribution in [2.24, 2.45) is 41.1 Å². The Kier molecular flexibility index (Phi) is 11.6. The fourth-order valence-electron chi connectivity index (χ4n) is 19.0. The van der Waals surface area contributed by atoms with Crippen LogP contribution in [-0.2, 0) is 50.8 Å². The molecule has 4 unspecified atom stereocenters. The number of halogens is 2. The highest BCUT2D eigenvalue weighted by Crippen LogP contribution is 2.66. The minimum atomic E-state index is -2.00. The first kappa shape index (κ1) is 51.3. The number of rotatable bonds is 8. The van der Waals surface area contributed by atoms with Crippen molar-refractivity contribution in [3.05, 3.63) is 82.9 Å². The minimum Gasteiger partial charge on any atom is -0.424 e. The standard InChI is InChI=1S/C61H72F2N10O8/c1-33-26-47(48-29-36-8-6-18-58(36)38-10-12-43-45(27-38)68-51(66-43)60(80-55(64)76,53(74)72(48)58)34-14-22-78-23-15-34)71(40-31-41(62)50(42(63)32-40)70-20-4-3-5-21-70)57(33,2)49-30-37-9-7-19-59(37)39-11-13-44-46(28-39)69-52(67-44)61(81-56(65)77,54(75)73(49)59)35-16-24-79-25-17-35/h10-13,27-28,31-37,47-49H,3-9,14-26,29-30H2,1-2H3,(H2,64,76)(H2,65,77)(H,66,68)(H,67,69)/t33?,36-,37-,47?,48?,49?,57+,58-,59-,60-,61-/m0/s1. The molecule has 5 aromatic rings. The molecule has 11 atom stereocenters. The largest absolute Gasteiger partial charge is 0.424 e. The predicted molar refractivity (Wildman–Crippen MR) is 293 cm³/mol. The molecule has 3 aromatic carbocycles. The molecular formula is C61H72F2N10O8. The number of aromatic amines is 2. The van der Waals surface area contributed by atoms with E-state index in [-0.39, 0.29) is 35.1 Å². The van der Waals surface area contributed by atoms with E-state index in [0.717, 1.165) is 56.1 Å². The Morgan fingerprint density at radius 2 is 1.12 bits per heavy atom. The second-order valence-corrected chi connectivity index (χ2v) is 25.8. The van der Waals surface area contributed by atoms with Crippen LogP contribution in [0, 0.1) is 41.2 Å². The van der Waals surface area contributed by atoms with Crippen LogP contribution in [0.25, 0.3) is 22.1 Å². The van der Waals surface area contributed by atoms with E-state index < -0.39 is 93.4 Å². The fraction of sp³-hybridized carbons (Fsp3) is 0.607. The Labute approximate surface area is 468 Å². The number of nitrogens with two attached hydrogens (primary N) is 2. The van der Waals surface area contributed by atoms with Gasteiger partial charge in [0.2, 0.25) is 0 Å². The zero-order chi connectivity index (χ0) is 55.5. The molecule has 10 aliphatic rings. The van der Waals surface area contributed by atoms with Crippen LogP contribution in [0.2, 0.25) is 0 Å². The topological polar surface area (TPSA) is 228 Å². The number of carbonyl (C=O) groups is 4. The van der Waals surface area contributed by atoms with Crippen LogP contribution in [0.4, 0.5) is 29.7 Å². The number of aromatic nitrogens is 4. The number of nitrogens with zero attached hydrogens (tertiary/aromatic N) is 6. The predicted octanol–water partition coefficient (Wildman–Crippen LogP) is 8.74. The number of anilines is 2. The second kappa shape index (κ2) is 18.2. The zero-order valence-electron chi connectivity index (χ0n) is 46.2. The summed E-state index contributed by atoms with van der Waals surface area (Å²) >= 11 is 0. The SMILES string of the molecule is CC1CC(C2C[C@@H]3CCC[C@@]34c3ccc5nc([nH]c5c3)[C@@](OC(N)=O)(C3CCOCC3)C(=O)N24)N(c2cc(F)c(N3CCCCC3)c(F)c2)[C@@]1(C)C1C[C@@H]2CCC[C@@]23c2ccc4nc([nH]c4c2)[C@@](OC(N)=O)(C2CCOCC2)C(=O)N13. The lowest BCUT2D eigenvalue weighted by atomic mass is 9.76. The van der Waals surface area contributed by atoms with Crippen molar-refractivity contribution in [2.45, 2.75) is 163 Å². The number of hydrogen-bond acceptors (Lipinski definition) is 12. The van der Waals surface area contributed by atoms with Crippen molar-refractivity contribution in [1.29, 1.82) is 0 Å². The van der Waals surface area contributed by atoms with Gasteiger partial charge in [0.15, 0.2) is 23.3 Å². The molecule has 20 heteroatoms. The van der Waals surface area contributed by atoms with Gasteiger partial charge in [-0.25, -0.2) is 28.3 Å². The van der Waals surface area contributed by atoms with Crippen molar-refractivity contribution in [1.82, 2.24) is 29.7 Å². The molecule has 81 heavy (non-hydrogen) atoms. The first-order valence-corrected chi connectivity index (χ1v) is 30.0. The minimum absolute atomic E-state index is 0.0595. The molecule has 10 heterocycles. The van der Waals surface area contributed by atoms with Gasteiger partial charge in [0, 0.05) is 57.0 Å². The summed E-state index contributed by atoms with van der Waals surface area (Å²) in [6.45, 7) is 6.67. The summed E-state index contributed by atoms with van der Waals surface area (Å²) < 4.78 is 60.1. The van der Waals surface area contributed by atoms with Gasteiger partial charge >= 0.3 is 12.2 Å². The summed E-state index contributed by atoms with van der Waals surface area (Å²) in [4.78, 5) is 86.8. The van der Waals surface area contributed by atoms with Crippen LogP contribution in [0.15, 0.2) is 48.5 Å². The number of hydrogen-bond donors (Lipinski definition) is 4. The molecule has 8 fully saturated rings. The number of nitrogens with one attached hydrogen (secondary N) is 2. The first-order chi connectivity index (χ1) is 39.1. The number of imidazole rings is 2. The lowest BCUT2D eigenvalue weighted by Crippen LogP contribution is -2.69. The highest BCUT2D eigenvalue weighted by Gasteiger charge is 2.73. The zero-order valence-corrected chi connectivity index (χ0v) is 46.2.